The van der Waals surface area contributed by atoms with Crippen LogP contribution in [0.5, 0.6) is 11.5 Å². The van der Waals surface area contributed by atoms with Gasteiger partial charge in [0, 0.05) is 5.69 Å². The first-order valence-corrected chi connectivity index (χ1v) is 11.4. The standard InChI is InChI=1S/C25H29N3O2S/c31-25(26-21-11-13-23(14-12-21)30-22-8-3-1-4-9-22)28(20-24-10-7-19-29-24)18-17-27-15-5-2-6-16-27/h1,3-4,7-14,19H,2,5-6,15-18,20H2,(H,26,31)/p+1. The van der Waals surface area contributed by atoms with Crippen LogP contribution in [0.2, 0.25) is 0 Å². The van der Waals surface area contributed by atoms with E-state index in [0.717, 1.165) is 36.0 Å². The van der Waals surface area contributed by atoms with Crippen molar-refractivity contribution < 1.29 is 14.1 Å². The molecule has 0 spiro atoms. The van der Waals surface area contributed by atoms with Crippen LogP contribution >= 0.6 is 12.2 Å². The highest BCUT2D eigenvalue weighted by molar-refractivity contribution is 7.80. The van der Waals surface area contributed by atoms with Crippen LogP contribution in [-0.2, 0) is 6.54 Å². The molecule has 162 valence electrons. The third-order valence-corrected chi connectivity index (χ3v) is 5.95. The van der Waals surface area contributed by atoms with Crippen molar-refractivity contribution in [2.75, 3.05) is 31.5 Å². The molecule has 6 heteroatoms. The molecule has 1 aliphatic rings. The quantitative estimate of drug-likeness (QED) is 0.514. The van der Waals surface area contributed by atoms with Crippen molar-refractivity contribution in [1.29, 1.82) is 0 Å². The Morgan fingerprint density at radius 2 is 1.68 bits per heavy atom. The predicted molar refractivity (Wildman–Crippen MR) is 128 cm³/mol. The van der Waals surface area contributed by atoms with E-state index in [4.69, 9.17) is 21.4 Å². The highest BCUT2D eigenvalue weighted by atomic mass is 32.1. The molecule has 2 aromatic carbocycles. The summed E-state index contributed by atoms with van der Waals surface area (Å²) >= 11 is 5.77. The fourth-order valence-electron chi connectivity index (χ4n) is 3.87. The van der Waals surface area contributed by atoms with E-state index in [1.807, 2.05) is 66.7 Å². The maximum atomic E-state index is 5.88. The molecule has 4 rings (SSSR count). The topological polar surface area (TPSA) is 42.1 Å². The molecule has 1 fully saturated rings. The highest BCUT2D eigenvalue weighted by Crippen LogP contribution is 2.23. The first kappa shape index (κ1) is 21.4. The van der Waals surface area contributed by atoms with Crippen molar-refractivity contribution in [2.24, 2.45) is 0 Å². The molecular weight excluding hydrogens is 406 g/mol. The molecule has 31 heavy (non-hydrogen) atoms. The summed E-state index contributed by atoms with van der Waals surface area (Å²) in [6.45, 7) is 5.18. The van der Waals surface area contributed by atoms with Gasteiger partial charge >= 0.3 is 0 Å². The Hall–Kier alpha value is -2.83. The van der Waals surface area contributed by atoms with Gasteiger partial charge in [0.15, 0.2) is 5.11 Å². The number of ether oxygens (including phenoxy) is 1. The van der Waals surface area contributed by atoms with Gasteiger partial charge in [-0.1, -0.05) is 18.2 Å². The van der Waals surface area contributed by atoms with Crippen LogP contribution in [0.15, 0.2) is 77.4 Å². The van der Waals surface area contributed by atoms with Gasteiger partial charge in [0.2, 0.25) is 0 Å². The molecule has 2 N–H and O–H groups in total. The first-order valence-electron chi connectivity index (χ1n) is 11.0. The number of rotatable bonds is 8. The number of hydrogen-bond donors (Lipinski definition) is 2. The van der Waals surface area contributed by atoms with E-state index >= 15 is 0 Å². The fraction of sp³-hybridized carbons (Fsp3) is 0.320. The molecule has 1 saturated heterocycles. The summed E-state index contributed by atoms with van der Waals surface area (Å²) in [5.41, 5.74) is 0.945. The smallest absolute Gasteiger partial charge is 0.174 e. The monoisotopic (exact) mass is 436 g/mol. The molecule has 0 radical (unpaired) electrons. The summed E-state index contributed by atoms with van der Waals surface area (Å²) in [6.07, 6.45) is 5.73. The van der Waals surface area contributed by atoms with E-state index in [9.17, 15) is 0 Å². The van der Waals surface area contributed by atoms with E-state index in [1.165, 1.54) is 32.4 Å². The van der Waals surface area contributed by atoms with Crippen molar-refractivity contribution in [2.45, 2.75) is 25.8 Å². The van der Waals surface area contributed by atoms with Gasteiger partial charge in [-0.25, -0.2) is 0 Å². The van der Waals surface area contributed by atoms with Crippen molar-refractivity contribution in [3.63, 3.8) is 0 Å². The average Bonchev–Trinajstić information content (AvgIpc) is 3.32. The Kier molecular flexibility index (Phi) is 7.58. The number of nitrogens with one attached hydrogen (secondary N) is 2. The Morgan fingerprint density at radius 3 is 2.39 bits per heavy atom. The third kappa shape index (κ3) is 6.57. The lowest BCUT2D eigenvalue weighted by Crippen LogP contribution is -3.13. The van der Waals surface area contributed by atoms with Gasteiger partial charge in [0.05, 0.1) is 39.0 Å². The molecular formula is C25H30N3O2S+. The summed E-state index contributed by atoms with van der Waals surface area (Å²) < 4.78 is 11.5. The largest absolute Gasteiger partial charge is 0.467 e. The normalized spacial score (nSPS) is 14.2. The van der Waals surface area contributed by atoms with E-state index in [2.05, 4.69) is 10.2 Å². The number of para-hydroxylation sites is 1. The SMILES string of the molecule is S=C(Nc1ccc(Oc2ccccc2)cc1)N(CC[NH+]1CCCCC1)Cc1ccco1. The molecule has 0 amide bonds. The van der Waals surface area contributed by atoms with Crippen molar-refractivity contribution in [3.8, 4) is 11.5 Å². The van der Waals surface area contributed by atoms with Crippen LogP contribution in [-0.4, -0.2) is 36.2 Å². The molecule has 0 saturated carbocycles. The summed E-state index contributed by atoms with van der Waals surface area (Å²) in [6, 6.07) is 21.6. The maximum Gasteiger partial charge on any atom is 0.174 e. The van der Waals surface area contributed by atoms with Crippen LogP contribution in [0.25, 0.3) is 0 Å². The molecule has 0 atom stereocenters. The minimum Gasteiger partial charge on any atom is -0.467 e. The van der Waals surface area contributed by atoms with E-state index in [0.29, 0.717) is 11.7 Å². The lowest BCUT2D eigenvalue weighted by molar-refractivity contribution is -0.904. The summed E-state index contributed by atoms with van der Waals surface area (Å²) in [7, 11) is 0. The number of benzene rings is 2. The minimum absolute atomic E-state index is 0.668. The van der Waals surface area contributed by atoms with Gasteiger partial charge in [-0.2, -0.15) is 0 Å². The Bertz CT molecular complexity index is 923. The van der Waals surface area contributed by atoms with Crippen LogP contribution in [0, 0.1) is 0 Å². The number of nitrogens with zero attached hydrogens (tertiary/aromatic N) is 1. The maximum absolute atomic E-state index is 5.88. The molecule has 2 heterocycles. The highest BCUT2D eigenvalue weighted by Gasteiger charge is 2.18. The van der Waals surface area contributed by atoms with E-state index in [-0.39, 0.29) is 0 Å². The number of anilines is 1. The first-order chi connectivity index (χ1) is 15.3. The van der Waals surface area contributed by atoms with Gasteiger partial charge in [0.1, 0.15) is 17.3 Å². The number of hydrogen-bond acceptors (Lipinski definition) is 3. The van der Waals surface area contributed by atoms with Crippen LogP contribution in [0.1, 0.15) is 25.0 Å². The molecule has 3 aromatic rings. The number of furan rings is 1. The summed E-state index contributed by atoms with van der Waals surface area (Å²) in [4.78, 5) is 3.87. The molecule has 1 aliphatic heterocycles. The minimum atomic E-state index is 0.668. The Labute approximate surface area is 189 Å². The van der Waals surface area contributed by atoms with Gasteiger partial charge in [0.25, 0.3) is 0 Å². The summed E-state index contributed by atoms with van der Waals surface area (Å²) in [5.74, 6) is 2.54. The number of quaternary nitrogens is 1. The number of thiocarbonyl (C=S) groups is 1. The average molecular weight is 437 g/mol. The van der Waals surface area contributed by atoms with E-state index in [1.54, 1.807) is 11.2 Å². The van der Waals surface area contributed by atoms with Crippen molar-refractivity contribution in [1.82, 2.24) is 4.90 Å². The molecule has 0 unspecified atom stereocenters. The zero-order valence-corrected chi connectivity index (χ0v) is 18.6. The zero-order chi connectivity index (χ0) is 21.3. The number of likely N-dealkylation sites (tertiary alicyclic amines) is 1. The van der Waals surface area contributed by atoms with Crippen LogP contribution < -0.4 is 15.0 Å². The molecule has 1 aromatic heterocycles. The van der Waals surface area contributed by atoms with Gasteiger partial charge < -0.3 is 24.3 Å². The fourth-order valence-corrected chi connectivity index (χ4v) is 4.15. The van der Waals surface area contributed by atoms with Gasteiger partial charge in [-0.3, -0.25) is 0 Å². The lowest BCUT2D eigenvalue weighted by atomic mass is 10.1. The second kappa shape index (κ2) is 11.0. The van der Waals surface area contributed by atoms with Gasteiger partial charge in [-0.15, -0.1) is 0 Å². The number of piperidine rings is 1. The van der Waals surface area contributed by atoms with Crippen LogP contribution in [0.4, 0.5) is 5.69 Å². The lowest BCUT2D eigenvalue weighted by Gasteiger charge is -2.29. The second-order valence-corrected chi connectivity index (χ2v) is 8.32. The predicted octanol–water partition coefficient (Wildman–Crippen LogP) is 4.34. The zero-order valence-electron chi connectivity index (χ0n) is 17.8. The van der Waals surface area contributed by atoms with Crippen molar-refractivity contribution >= 4 is 23.0 Å². The Balaban J connectivity index is 1.36. The molecule has 0 bridgehead atoms. The van der Waals surface area contributed by atoms with Crippen LogP contribution in [0.3, 0.4) is 0 Å². The van der Waals surface area contributed by atoms with Crippen molar-refractivity contribution in [3.05, 3.63) is 78.8 Å². The molecule has 5 nitrogen and oxygen atoms in total. The van der Waals surface area contributed by atoms with Gasteiger partial charge in [-0.05, 0) is 80.0 Å². The third-order valence-electron chi connectivity index (χ3n) is 5.59. The summed E-state index contributed by atoms with van der Waals surface area (Å²) in [5, 5.41) is 4.10. The Morgan fingerprint density at radius 1 is 0.935 bits per heavy atom. The molecule has 0 aliphatic carbocycles. The van der Waals surface area contributed by atoms with E-state index < -0.39 is 0 Å². The second-order valence-electron chi connectivity index (χ2n) is 7.93.